The van der Waals surface area contributed by atoms with Crippen molar-refractivity contribution in [3.63, 3.8) is 0 Å². The molecule has 0 aliphatic carbocycles. The van der Waals surface area contributed by atoms with Gasteiger partial charge in [0.25, 0.3) is 5.69 Å². The number of carbonyl (C=O) groups is 2. The molecule has 0 saturated carbocycles. The van der Waals surface area contributed by atoms with Gasteiger partial charge in [-0.25, -0.2) is 8.42 Å². The molecule has 0 spiro atoms. The number of halogens is 2. The Morgan fingerprint density at radius 3 is 2.39 bits per heavy atom. The number of amides is 2. The average Bonchev–Trinajstić information content (AvgIpc) is 2.86. The van der Waals surface area contributed by atoms with E-state index in [1.54, 1.807) is 18.2 Å². The first kappa shape index (κ1) is 31.1. The highest BCUT2D eigenvalue weighted by molar-refractivity contribution is 7.92. The molecule has 11 nitrogen and oxygen atoms in total. The molecular weight excluding hydrogens is 559 g/mol. The highest BCUT2D eigenvalue weighted by atomic mass is 35.5. The fraction of sp³-hybridized carbons (Fsp3) is 0.417. The fourth-order valence-corrected chi connectivity index (χ4v) is 4.70. The number of unbranched alkanes of at least 4 members (excludes halogenated alkanes) is 1. The Labute approximate surface area is 231 Å². The Hall–Kier alpha value is -3.09. The largest absolute Gasteiger partial charge is 0.495 e. The van der Waals surface area contributed by atoms with Gasteiger partial charge in [-0.1, -0.05) is 42.6 Å². The van der Waals surface area contributed by atoms with Crippen LogP contribution in [0.5, 0.6) is 5.75 Å². The molecule has 1 N–H and O–H groups in total. The van der Waals surface area contributed by atoms with Gasteiger partial charge < -0.3 is 15.0 Å². The zero-order chi connectivity index (χ0) is 28.6. The van der Waals surface area contributed by atoms with Crippen LogP contribution in [0.2, 0.25) is 10.0 Å². The maximum Gasteiger partial charge on any atom is 0.271 e. The Morgan fingerprint density at radius 2 is 1.84 bits per heavy atom. The predicted molar refractivity (Wildman–Crippen MR) is 146 cm³/mol. The third kappa shape index (κ3) is 8.20. The monoisotopic (exact) mass is 588 g/mol. The highest BCUT2D eigenvalue weighted by Crippen LogP contribution is 2.34. The first-order chi connectivity index (χ1) is 17.8. The molecule has 2 rings (SSSR count). The van der Waals surface area contributed by atoms with Crippen LogP contribution in [0.25, 0.3) is 0 Å². The van der Waals surface area contributed by atoms with Gasteiger partial charge in [-0.05, 0) is 37.1 Å². The number of nitrogens with zero attached hydrogens (tertiary/aromatic N) is 3. The van der Waals surface area contributed by atoms with Crippen molar-refractivity contribution in [1.82, 2.24) is 10.2 Å². The van der Waals surface area contributed by atoms with E-state index in [1.165, 1.54) is 25.0 Å². The van der Waals surface area contributed by atoms with Crippen LogP contribution in [-0.2, 0) is 26.2 Å². The number of non-ortho nitro benzene ring substituents is 1. The summed E-state index contributed by atoms with van der Waals surface area (Å²) >= 11 is 12.1. The normalized spacial score (nSPS) is 11.9. The van der Waals surface area contributed by atoms with Gasteiger partial charge in [-0.15, -0.1) is 0 Å². The van der Waals surface area contributed by atoms with Crippen molar-refractivity contribution >= 4 is 56.4 Å². The molecule has 2 amide bonds. The molecule has 0 fully saturated rings. The van der Waals surface area contributed by atoms with E-state index >= 15 is 0 Å². The van der Waals surface area contributed by atoms with Crippen LogP contribution in [0.15, 0.2) is 36.4 Å². The van der Waals surface area contributed by atoms with Gasteiger partial charge in [-0.2, -0.15) is 0 Å². The SMILES string of the molecule is CCCCNC(=O)C(C)N(Cc1ccc(Cl)c(Cl)c1)C(=O)CN(c1cc([N+](=O)[O-])ccc1OC)S(C)(=O)=O. The van der Waals surface area contributed by atoms with Gasteiger partial charge >= 0.3 is 0 Å². The summed E-state index contributed by atoms with van der Waals surface area (Å²) in [6, 6.07) is 7.15. The van der Waals surface area contributed by atoms with Gasteiger partial charge in [0.15, 0.2) is 0 Å². The van der Waals surface area contributed by atoms with Crippen LogP contribution in [0.1, 0.15) is 32.3 Å². The third-order valence-electron chi connectivity index (χ3n) is 5.65. The van der Waals surface area contributed by atoms with Crippen molar-refractivity contribution in [1.29, 1.82) is 0 Å². The second-order valence-corrected chi connectivity index (χ2v) is 11.2. The summed E-state index contributed by atoms with van der Waals surface area (Å²) < 4.78 is 31.5. The molecule has 1 unspecified atom stereocenters. The number of ether oxygens (including phenoxy) is 1. The standard InChI is InChI=1S/C24H30Cl2N4O7S/c1-5-6-11-27-24(32)16(2)28(14-17-7-9-19(25)20(26)12-17)23(31)15-29(38(4,35)36)21-13-18(30(33)34)8-10-22(21)37-3/h7-10,12-13,16H,5-6,11,14-15H2,1-4H3,(H,27,32). The second-order valence-electron chi connectivity index (χ2n) is 8.47. The van der Waals surface area contributed by atoms with Gasteiger partial charge in [-0.3, -0.25) is 24.0 Å². The van der Waals surface area contributed by atoms with E-state index in [0.29, 0.717) is 21.4 Å². The maximum absolute atomic E-state index is 13.6. The van der Waals surface area contributed by atoms with Crippen LogP contribution in [0.3, 0.4) is 0 Å². The molecule has 2 aromatic rings. The first-order valence-corrected chi connectivity index (χ1v) is 14.2. The number of sulfonamides is 1. The number of methoxy groups -OCH3 is 1. The average molecular weight is 589 g/mol. The number of anilines is 1. The first-order valence-electron chi connectivity index (χ1n) is 11.6. The highest BCUT2D eigenvalue weighted by Gasteiger charge is 2.32. The molecule has 0 saturated heterocycles. The van der Waals surface area contributed by atoms with Crippen LogP contribution < -0.4 is 14.4 Å². The molecule has 208 valence electrons. The number of benzene rings is 2. The van der Waals surface area contributed by atoms with Crippen LogP contribution in [-0.4, -0.2) is 62.6 Å². The minimum atomic E-state index is -4.13. The number of hydrogen-bond donors (Lipinski definition) is 1. The predicted octanol–water partition coefficient (Wildman–Crippen LogP) is 4.01. The van der Waals surface area contributed by atoms with Gasteiger partial charge in [0.05, 0.1) is 28.3 Å². The molecule has 38 heavy (non-hydrogen) atoms. The summed E-state index contributed by atoms with van der Waals surface area (Å²) in [6.45, 7) is 3.08. The Balaban J connectivity index is 2.50. The van der Waals surface area contributed by atoms with Gasteiger partial charge in [0, 0.05) is 25.2 Å². The lowest BCUT2D eigenvalue weighted by atomic mass is 10.1. The van der Waals surface area contributed by atoms with Crippen LogP contribution >= 0.6 is 23.2 Å². The third-order valence-corrected chi connectivity index (χ3v) is 7.52. The maximum atomic E-state index is 13.6. The Bertz CT molecular complexity index is 1290. The van der Waals surface area contributed by atoms with E-state index in [4.69, 9.17) is 27.9 Å². The number of hydrogen-bond acceptors (Lipinski definition) is 7. The lowest BCUT2D eigenvalue weighted by Gasteiger charge is -2.31. The lowest BCUT2D eigenvalue weighted by Crippen LogP contribution is -2.51. The zero-order valence-corrected chi connectivity index (χ0v) is 23.8. The lowest BCUT2D eigenvalue weighted by molar-refractivity contribution is -0.384. The molecule has 0 radical (unpaired) electrons. The molecule has 0 aromatic heterocycles. The molecule has 0 aliphatic heterocycles. The number of nitro groups is 1. The quantitative estimate of drug-likeness (QED) is 0.212. The number of rotatable bonds is 13. The second kappa shape index (κ2) is 13.6. The molecule has 2 aromatic carbocycles. The van der Waals surface area contributed by atoms with E-state index in [1.807, 2.05) is 6.92 Å². The summed E-state index contributed by atoms with van der Waals surface area (Å²) in [5.41, 5.74) is -0.0230. The molecule has 0 bridgehead atoms. The van der Waals surface area contributed by atoms with Crippen molar-refractivity contribution in [2.45, 2.75) is 39.3 Å². The van der Waals surface area contributed by atoms with Crippen molar-refractivity contribution in [2.75, 3.05) is 30.8 Å². The zero-order valence-electron chi connectivity index (χ0n) is 21.4. The minimum absolute atomic E-state index is 0.00946. The Morgan fingerprint density at radius 1 is 1.16 bits per heavy atom. The van der Waals surface area contributed by atoms with Crippen molar-refractivity contribution < 1.29 is 27.7 Å². The molecule has 14 heteroatoms. The van der Waals surface area contributed by atoms with Crippen molar-refractivity contribution in [3.8, 4) is 5.75 Å². The Kier molecular flexibility index (Phi) is 11.2. The fourth-order valence-electron chi connectivity index (χ4n) is 3.53. The van der Waals surface area contributed by atoms with Crippen LogP contribution in [0.4, 0.5) is 11.4 Å². The van der Waals surface area contributed by atoms with Crippen LogP contribution in [0, 0.1) is 10.1 Å². The summed E-state index contributed by atoms with van der Waals surface area (Å²) in [5, 5.41) is 14.7. The summed E-state index contributed by atoms with van der Waals surface area (Å²) in [6.07, 6.45) is 2.46. The van der Waals surface area contributed by atoms with Crippen molar-refractivity contribution in [2.24, 2.45) is 0 Å². The van der Waals surface area contributed by atoms with E-state index < -0.39 is 45.0 Å². The van der Waals surface area contributed by atoms with Gasteiger partial charge in [0.1, 0.15) is 24.0 Å². The van der Waals surface area contributed by atoms with E-state index in [2.05, 4.69) is 5.32 Å². The molecule has 1 atom stereocenters. The van der Waals surface area contributed by atoms with Gasteiger partial charge in [0.2, 0.25) is 21.8 Å². The smallest absolute Gasteiger partial charge is 0.271 e. The minimum Gasteiger partial charge on any atom is -0.495 e. The summed E-state index contributed by atoms with van der Waals surface area (Å²) in [7, 11) is -2.86. The van der Waals surface area contributed by atoms with Crippen molar-refractivity contribution in [3.05, 3.63) is 62.1 Å². The molecule has 0 aliphatic rings. The van der Waals surface area contributed by atoms with E-state index in [9.17, 15) is 28.1 Å². The van der Waals surface area contributed by atoms with E-state index in [0.717, 1.165) is 31.2 Å². The summed E-state index contributed by atoms with van der Waals surface area (Å²) in [4.78, 5) is 38.4. The molecule has 0 heterocycles. The number of nitro benzene ring substituents is 1. The number of nitrogens with one attached hydrogen (secondary N) is 1. The topological polar surface area (TPSA) is 139 Å². The van der Waals surface area contributed by atoms with E-state index in [-0.39, 0.29) is 23.0 Å². The summed E-state index contributed by atoms with van der Waals surface area (Å²) in [5.74, 6) is -1.14. The number of carbonyl (C=O) groups excluding carboxylic acids is 2. The molecular formula is C24H30Cl2N4O7S.